The van der Waals surface area contributed by atoms with Gasteiger partial charge in [-0.1, -0.05) is 38.1 Å². The number of halogens is 1. The highest BCUT2D eigenvalue weighted by Crippen LogP contribution is 2.24. The van der Waals surface area contributed by atoms with Gasteiger partial charge in [-0.25, -0.2) is 4.39 Å². The Balaban J connectivity index is 2.21. The van der Waals surface area contributed by atoms with E-state index >= 15 is 0 Å². The zero-order valence-corrected chi connectivity index (χ0v) is 13.0. The Morgan fingerprint density at radius 3 is 2.27 bits per heavy atom. The van der Waals surface area contributed by atoms with E-state index in [1.807, 2.05) is 38.1 Å². The van der Waals surface area contributed by atoms with Crippen LogP contribution in [-0.2, 0) is 0 Å². The Morgan fingerprint density at radius 1 is 1.09 bits per heavy atom. The van der Waals surface area contributed by atoms with Crippen LogP contribution < -0.4 is 10.1 Å². The third-order valence-corrected chi connectivity index (χ3v) is 3.55. The fourth-order valence-electron chi connectivity index (χ4n) is 2.31. The third kappa shape index (κ3) is 3.64. The summed E-state index contributed by atoms with van der Waals surface area (Å²) in [6.45, 7) is 4.02. The summed E-state index contributed by atoms with van der Waals surface area (Å²) in [5.41, 5.74) is 1.02. The Morgan fingerprint density at radius 2 is 1.73 bits per heavy atom. The lowest BCUT2D eigenvalue weighted by molar-refractivity contribution is 0.0921. The van der Waals surface area contributed by atoms with E-state index in [0.717, 1.165) is 11.3 Å². The SMILES string of the molecule is COc1ccc([C@@H](NC(=O)c2ccccc2F)C(C)C)cc1. The molecule has 0 fully saturated rings. The summed E-state index contributed by atoms with van der Waals surface area (Å²) in [5, 5.41) is 2.91. The summed E-state index contributed by atoms with van der Waals surface area (Å²) in [7, 11) is 1.61. The van der Waals surface area contributed by atoms with E-state index in [2.05, 4.69) is 5.32 Å². The number of nitrogens with one attached hydrogen (secondary N) is 1. The van der Waals surface area contributed by atoms with E-state index in [1.54, 1.807) is 19.2 Å². The van der Waals surface area contributed by atoms with Gasteiger partial charge in [-0.05, 0) is 35.7 Å². The van der Waals surface area contributed by atoms with Gasteiger partial charge in [0.05, 0.1) is 18.7 Å². The first-order chi connectivity index (χ1) is 10.5. The molecule has 0 unspecified atom stereocenters. The number of carbonyl (C=O) groups excluding carboxylic acids is 1. The minimum atomic E-state index is -0.516. The average Bonchev–Trinajstić information content (AvgIpc) is 2.52. The van der Waals surface area contributed by atoms with E-state index in [1.165, 1.54) is 12.1 Å². The molecule has 0 spiro atoms. The van der Waals surface area contributed by atoms with Crippen LogP contribution in [-0.4, -0.2) is 13.0 Å². The van der Waals surface area contributed by atoms with Crippen molar-refractivity contribution in [1.82, 2.24) is 5.32 Å². The maximum Gasteiger partial charge on any atom is 0.254 e. The number of benzene rings is 2. The highest BCUT2D eigenvalue weighted by atomic mass is 19.1. The van der Waals surface area contributed by atoms with Crippen LogP contribution in [0.25, 0.3) is 0 Å². The van der Waals surface area contributed by atoms with Crippen LogP contribution >= 0.6 is 0 Å². The molecule has 2 aromatic carbocycles. The number of hydrogen-bond acceptors (Lipinski definition) is 2. The first-order valence-electron chi connectivity index (χ1n) is 7.22. The Bertz CT molecular complexity index is 638. The van der Waals surface area contributed by atoms with Gasteiger partial charge in [0.2, 0.25) is 0 Å². The predicted octanol–water partition coefficient (Wildman–Crippen LogP) is 3.96. The van der Waals surface area contributed by atoms with Crippen LogP contribution in [0.5, 0.6) is 5.75 Å². The summed E-state index contributed by atoms with van der Waals surface area (Å²) < 4.78 is 18.9. The maximum atomic E-state index is 13.7. The lowest BCUT2D eigenvalue weighted by Gasteiger charge is -2.23. The zero-order valence-electron chi connectivity index (χ0n) is 13.0. The molecule has 2 rings (SSSR count). The minimum absolute atomic E-state index is 0.0571. The predicted molar refractivity (Wildman–Crippen MR) is 84.4 cm³/mol. The molecule has 0 aromatic heterocycles. The average molecular weight is 301 g/mol. The number of rotatable bonds is 5. The third-order valence-electron chi connectivity index (χ3n) is 3.55. The molecule has 0 bridgehead atoms. The van der Waals surface area contributed by atoms with E-state index < -0.39 is 11.7 Å². The van der Waals surface area contributed by atoms with Crippen molar-refractivity contribution in [3.8, 4) is 5.75 Å². The molecule has 0 aliphatic rings. The molecule has 0 aliphatic heterocycles. The minimum Gasteiger partial charge on any atom is -0.497 e. The van der Waals surface area contributed by atoms with E-state index in [-0.39, 0.29) is 17.5 Å². The Hall–Kier alpha value is -2.36. The topological polar surface area (TPSA) is 38.3 Å². The molecule has 0 saturated carbocycles. The number of methoxy groups -OCH3 is 1. The molecule has 2 aromatic rings. The summed E-state index contributed by atoms with van der Waals surface area (Å²) in [4.78, 5) is 12.3. The Kier molecular flexibility index (Phi) is 5.15. The van der Waals surface area contributed by atoms with Gasteiger partial charge in [0.15, 0.2) is 0 Å². The summed E-state index contributed by atoms with van der Waals surface area (Å²) in [6, 6.07) is 13.3. The van der Waals surface area contributed by atoms with E-state index in [0.29, 0.717) is 0 Å². The zero-order chi connectivity index (χ0) is 16.1. The first kappa shape index (κ1) is 16.0. The highest BCUT2D eigenvalue weighted by Gasteiger charge is 2.20. The first-order valence-corrected chi connectivity index (χ1v) is 7.22. The van der Waals surface area contributed by atoms with Gasteiger partial charge in [0, 0.05) is 0 Å². The molecule has 0 aliphatic carbocycles. The van der Waals surface area contributed by atoms with Gasteiger partial charge in [-0.3, -0.25) is 4.79 Å². The molecule has 1 atom stereocenters. The molecule has 0 radical (unpaired) electrons. The molecule has 22 heavy (non-hydrogen) atoms. The van der Waals surface area contributed by atoms with Crippen LogP contribution in [0.3, 0.4) is 0 Å². The lowest BCUT2D eigenvalue weighted by atomic mass is 9.95. The van der Waals surface area contributed by atoms with Gasteiger partial charge in [0.1, 0.15) is 11.6 Å². The van der Waals surface area contributed by atoms with Crippen molar-refractivity contribution in [2.45, 2.75) is 19.9 Å². The molecular weight excluding hydrogens is 281 g/mol. The molecular formula is C18H20FNO2. The fourth-order valence-corrected chi connectivity index (χ4v) is 2.31. The molecule has 4 heteroatoms. The standard InChI is InChI=1S/C18H20FNO2/c1-12(2)17(13-8-10-14(22-3)11-9-13)20-18(21)15-6-4-5-7-16(15)19/h4-12,17H,1-3H3,(H,20,21)/t17-/m0/s1. The van der Waals surface area contributed by atoms with Gasteiger partial charge in [-0.15, -0.1) is 0 Å². The summed E-state index contributed by atoms with van der Waals surface area (Å²) >= 11 is 0. The maximum absolute atomic E-state index is 13.7. The second-order valence-corrected chi connectivity index (χ2v) is 5.45. The number of amides is 1. The molecule has 1 amide bonds. The van der Waals surface area contributed by atoms with Gasteiger partial charge >= 0.3 is 0 Å². The summed E-state index contributed by atoms with van der Waals surface area (Å²) in [6.07, 6.45) is 0. The second-order valence-electron chi connectivity index (χ2n) is 5.45. The number of ether oxygens (including phenoxy) is 1. The summed E-state index contributed by atoms with van der Waals surface area (Å²) in [5.74, 6) is 0.000611. The smallest absolute Gasteiger partial charge is 0.254 e. The van der Waals surface area contributed by atoms with Gasteiger partial charge < -0.3 is 10.1 Å². The van der Waals surface area contributed by atoms with Gasteiger partial charge in [0.25, 0.3) is 5.91 Å². The van der Waals surface area contributed by atoms with Crippen molar-refractivity contribution in [3.63, 3.8) is 0 Å². The van der Waals surface area contributed by atoms with Crippen molar-refractivity contribution in [2.24, 2.45) is 5.92 Å². The quantitative estimate of drug-likeness (QED) is 0.907. The molecule has 0 saturated heterocycles. The number of carbonyl (C=O) groups is 1. The fraction of sp³-hybridized carbons (Fsp3) is 0.278. The van der Waals surface area contributed by atoms with E-state index in [4.69, 9.17) is 4.74 Å². The van der Waals surface area contributed by atoms with Crippen LogP contribution in [0.1, 0.15) is 35.8 Å². The second kappa shape index (κ2) is 7.07. The van der Waals surface area contributed by atoms with Crippen LogP contribution in [0.4, 0.5) is 4.39 Å². The van der Waals surface area contributed by atoms with Crippen LogP contribution in [0.15, 0.2) is 48.5 Å². The highest BCUT2D eigenvalue weighted by molar-refractivity contribution is 5.94. The molecule has 0 heterocycles. The number of hydrogen-bond donors (Lipinski definition) is 1. The van der Waals surface area contributed by atoms with Crippen molar-refractivity contribution in [2.75, 3.05) is 7.11 Å². The normalized spacial score (nSPS) is 12.0. The lowest BCUT2D eigenvalue weighted by Crippen LogP contribution is -2.32. The van der Waals surface area contributed by atoms with E-state index in [9.17, 15) is 9.18 Å². The Labute approximate surface area is 130 Å². The van der Waals surface area contributed by atoms with Gasteiger partial charge in [-0.2, -0.15) is 0 Å². The van der Waals surface area contributed by atoms with Crippen molar-refractivity contribution < 1.29 is 13.9 Å². The van der Waals surface area contributed by atoms with Crippen molar-refractivity contribution in [1.29, 1.82) is 0 Å². The largest absolute Gasteiger partial charge is 0.497 e. The molecule has 116 valence electrons. The molecule has 3 nitrogen and oxygen atoms in total. The molecule has 1 N–H and O–H groups in total. The van der Waals surface area contributed by atoms with Crippen molar-refractivity contribution >= 4 is 5.91 Å². The van der Waals surface area contributed by atoms with Crippen LogP contribution in [0, 0.1) is 11.7 Å². The van der Waals surface area contributed by atoms with Crippen molar-refractivity contribution in [3.05, 3.63) is 65.5 Å². The van der Waals surface area contributed by atoms with Crippen LogP contribution in [0.2, 0.25) is 0 Å². The monoisotopic (exact) mass is 301 g/mol.